The van der Waals surface area contributed by atoms with Gasteiger partial charge in [-0.2, -0.15) is 11.8 Å². The fourth-order valence-electron chi connectivity index (χ4n) is 2.89. The van der Waals surface area contributed by atoms with Crippen molar-refractivity contribution < 1.29 is 19.1 Å². The van der Waals surface area contributed by atoms with Gasteiger partial charge in [-0.25, -0.2) is 9.59 Å². The number of carbonyl (C=O) groups is 2. The van der Waals surface area contributed by atoms with Crippen LogP contribution in [0.2, 0.25) is 0 Å². The summed E-state index contributed by atoms with van der Waals surface area (Å²) in [6.07, 6.45) is 1.95. The lowest BCUT2D eigenvalue weighted by atomic mass is 9.95. The quantitative estimate of drug-likeness (QED) is 0.544. The van der Waals surface area contributed by atoms with Crippen molar-refractivity contribution in [2.24, 2.45) is 0 Å². The molecular weight excluding hydrogens is 376 g/mol. The Labute approximate surface area is 168 Å². The predicted molar refractivity (Wildman–Crippen MR) is 109 cm³/mol. The number of rotatable bonds is 7. The Balaban J connectivity index is 1.87. The number of ether oxygens (including phenoxy) is 2. The normalized spacial score (nSPS) is 16.2. The van der Waals surface area contributed by atoms with Gasteiger partial charge in [-0.1, -0.05) is 30.3 Å². The molecule has 1 atom stereocenters. The van der Waals surface area contributed by atoms with E-state index in [1.807, 2.05) is 60.9 Å². The number of benzene rings is 2. The smallest absolute Gasteiger partial charge is 0.338 e. The number of nitrogens with one attached hydrogen (secondary N) is 2. The van der Waals surface area contributed by atoms with Crippen LogP contribution >= 0.6 is 11.8 Å². The van der Waals surface area contributed by atoms with Crippen LogP contribution in [0, 0.1) is 0 Å². The van der Waals surface area contributed by atoms with Crippen molar-refractivity contribution in [1.29, 1.82) is 0 Å². The molecule has 6 nitrogen and oxygen atoms in total. The molecule has 1 aliphatic heterocycles. The van der Waals surface area contributed by atoms with Crippen molar-refractivity contribution in [3.05, 3.63) is 71.4 Å². The monoisotopic (exact) mass is 398 g/mol. The van der Waals surface area contributed by atoms with E-state index in [1.54, 1.807) is 18.7 Å². The van der Waals surface area contributed by atoms with Gasteiger partial charge in [0.1, 0.15) is 18.1 Å². The van der Waals surface area contributed by atoms with Crippen molar-refractivity contribution in [2.75, 3.05) is 18.6 Å². The Kier molecular flexibility index (Phi) is 6.60. The van der Waals surface area contributed by atoms with E-state index in [9.17, 15) is 9.59 Å². The first-order valence-electron chi connectivity index (χ1n) is 8.85. The van der Waals surface area contributed by atoms with Gasteiger partial charge in [0.05, 0.1) is 11.6 Å². The number of hydrogen-bond acceptors (Lipinski definition) is 5. The van der Waals surface area contributed by atoms with Gasteiger partial charge < -0.3 is 20.1 Å². The first-order chi connectivity index (χ1) is 13.6. The van der Waals surface area contributed by atoms with Crippen LogP contribution in [0.25, 0.3) is 0 Å². The van der Waals surface area contributed by atoms with E-state index in [1.165, 1.54) is 0 Å². The first-order valence-corrected chi connectivity index (χ1v) is 10.2. The Hall–Kier alpha value is -2.93. The second kappa shape index (κ2) is 9.32. The highest BCUT2D eigenvalue weighted by atomic mass is 32.2. The zero-order valence-electron chi connectivity index (χ0n) is 15.7. The van der Waals surface area contributed by atoms with Crippen LogP contribution in [0.3, 0.4) is 0 Å². The molecule has 2 aromatic rings. The second-order valence-corrected chi connectivity index (χ2v) is 7.17. The van der Waals surface area contributed by atoms with Gasteiger partial charge >= 0.3 is 12.0 Å². The third-order valence-corrected chi connectivity index (χ3v) is 4.75. The number of urea groups is 1. The molecule has 1 aliphatic rings. The van der Waals surface area contributed by atoms with Crippen molar-refractivity contribution in [1.82, 2.24) is 10.6 Å². The highest BCUT2D eigenvalue weighted by molar-refractivity contribution is 7.98. The third-order valence-electron chi connectivity index (χ3n) is 4.18. The summed E-state index contributed by atoms with van der Waals surface area (Å²) in [5.74, 6) is 1.59. The third kappa shape index (κ3) is 4.86. The number of amides is 2. The van der Waals surface area contributed by atoms with Crippen LogP contribution in [0.5, 0.6) is 11.5 Å². The van der Waals surface area contributed by atoms with Gasteiger partial charge in [-0.15, -0.1) is 0 Å². The summed E-state index contributed by atoms with van der Waals surface area (Å²) >= 11 is 1.60. The largest absolute Gasteiger partial charge is 0.461 e. The average Bonchev–Trinajstić information content (AvgIpc) is 2.68. The molecule has 3 rings (SSSR count). The number of esters is 1. The average molecular weight is 398 g/mol. The molecule has 1 heterocycles. The van der Waals surface area contributed by atoms with Gasteiger partial charge in [0.2, 0.25) is 0 Å². The zero-order chi connectivity index (χ0) is 19.9. The molecule has 0 saturated heterocycles. The van der Waals surface area contributed by atoms with Crippen molar-refractivity contribution >= 4 is 23.8 Å². The lowest BCUT2D eigenvalue weighted by Gasteiger charge is -2.28. The van der Waals surface area contributed by atoms with Crippen LogP contribution in [0.4, 0.5) is 4.79 Å². The maximum atomic E-state index is 12.6. The minimum absolute atomic E-state index is 0.314. The fourth-order valence-corrected chi connectivity index (χ4v) is 3.14. The topological polar surface area (TPSA) is 76.7 Å². The van der Waals surface area contributed by atoms with Crippen LogP contribution in [0.15, 0.2) is 65.9 Å². The molecule has 7 heteroatoms. The van der Waals surface area contributed by atoms with Gasteiger partial charge in [0.15, 0.2) is 0 Å². The Morgan fingerprint density at radius 3 is 2.61 bits per heavy atom. The molecular formula is C21H22N2O4S. The molecule has 2 aromatic carbocycles. The lowest BCUT2D eigenvalue weighted by molar-refractivity contribution is -0.138. The van der Waals surface area contributed by atoms with Crippen LogP contribution in [-0.2, 0) is 9.53 Å². The highest BCUT2D eigenvalue weighted by Crippen LogP contribution is 2.31. The van der Waals surface area contributed by atoms with Crippen molar-refractivity contribution in [2.45, 2.75) is 13.0 Å². The van der Waals surface area contributed by atoms with Crippen molar-refractivity contribution in [3.63, 3.8) is 0 Å². The lowest BCUT2D eigenvalue weighted by Crippen LogP contribution is -2.45. The SMILES string of the molecule is CSCCOC(=O)C1=C(C)NC(=O)N[C@H]1c1cccc(Oc2ccccc2)c1. The molecule has 0 aliphatic carbocycles. The molecule has 2 amide bonds. The number of allylic oxidation sites excluding steroid dienone is 1. The van der Waals surface area contributed by atoms with Gasteiger partial charge in [-0.3, -0.25) is 0 Å². The Morgan fingerprint density at radius 2 is 1.86 bits per heavy atom. The van der Waals surface area contributed by atoms with Gasteiger partial charge in [-0.05, 0) is 43.0 Å². The second-order valence-electron chi connectivity index (χ2n) is 6.19. The maximum Gasteiger partial charge on any atom is 0.338 e. The van der Waals surface area contributed by atoms with E-state index in [4.69, 9.17) is 9.47 Å². The zero-order valence-corrected chi connectivity index (χ0v) is 16.5. The Bertz CT molecular complexity index is 883. The molecule has 0 bridgehead atoms. The molecule has 2 N–H and O–H groups in total. The number of carbonyl (C=O) groups excluding carboxylic acids is 2. The van der Waals surface area contributed by atoms with Gasteiger partial charge in [0.25, 0.3) is 0 Å². The molecule has 0 spiro atoms. The van der Waals surface area contributed by atoms with Crippen molar-refractivity contribution in [3.8, 4) is 11.5 Å². The fraction of sp³-hybridized carbons (Fsp3) is 0.238. The van der Waals surface area contributed by atoms with Crippen LogP contribution < -0.4 is 15.4 Å². The molecule has 0 fully saturated rings. The van der Waals surface area contributed by atoms with E-state index in [-0.39, 0.29) is 6.03 Å². The van der Waals surface area contributed by atoms with E-state index in [2.05, 4.69) is 10.6 Å². The Morgan fingerprint density at radius 1 is 1.11 bits per heavy atom. The summed E-state index contributed by atoms with van der Waals surface area (Å²) in [7, 11) is 0. The van der Waals surface area contributed by atoms with E-state index >= 15 is 0 Å². The minimum atomic E-state index is -0.616. The van der Waals surface area contributed by atoms with Gasteiger partial charge in [0, 0.05) is 11.4 Å². The van der Waals surface area contributed by atoms with Crippen LogP contribution in [0.1, 0.15) is 18.5 Å². The van der Waals surface area contributed by atoms with E-state index in [0.717, 1.165) is 5.56 Å². The summed E-state index contributed by atoms with van der Waals surface area (Å²) in [4.78, 5) is 24.7. The molecule has 0 saturated carbocycles. The molecule has 28 heavy (non-hydrogen) atoms. The molecule has 146 valence electrons. The molecule has 0 unspecified atom stereocenters. The first kappa shape index (κ1) is 19.8. The predicted octanol–water partition coefficient (Wildman–Crippen LogP) is 4.01. The number of thioether (sulfide) groups is 1. The van der Waals surface area contributed by atoms with E-state index in [0.29, 0.717) is 35.1 Å². The summed E-state index contributed by atoms with van der Waals surface area (Å²) in [5, 5.41) is 5.45. The summed E-state index contributed by atoms with van der Waals surface area (Å²) < 4.78 is 11.2. The summed E-state index contributed by atoms with van der Waals surface area (Å²) in [6.45, 7) is 2.01. The standard InChI is InChI=1S/C21H22N2O4S/c1-14-18(20(24)26-11-12-28-2)19(23-21(25)22-14)15-7-6-10-17(13-15)27-16-8-4-3-5-9-16/h3-10,13,19H,11-12H2,1-2H3,(H2,22,23,25)/t19-/m0/s1. The summed E-state index contributed by atoms with van der Waals surface area (Å²) in [5.41, 5.74) is 1.61. The van der Waals surface area contributed by atoms with Crippen LogP contribution in [-0.4, -0.2) is 30.6 Å². The van der Waals surface area contributed by atoms with E-state index < -0.39 is 12.0 Å². The molecule has 0 radical (unpaired) electrons. The minimum Gasteiger partial charge on any atom is -0.461 e. The highest BCUT2D eigenvalue weighted by Gasteiger charge is 2.32. The molecule has 0 aromatic heterocycles. The number of hydrogen-bond donors (Lipinski definition) is 2. The summed E-state index contributed by atoms with van der Waals surface area (Å²) in [6, 6.07) is 15.7. The number of para-hydroxylation sites is 1. The maximum absolute atomic E-state index is 12.6.